The van der Waals surface area contributed by atoms with Crippen LogP contribution in [0.4, 0.5) is 5.69 Å². The van der Waals surface area contributed by atoms with Gasteiger partial charge >= 0.3 is 0 Å². The summed E-state index contributed by atoms with van der Waals surface area (Å²) < 4.78 is 0. The van der Waals surface area contributed by atoms with E-state index in [0.717, 1.165) is 5.69 Å². The van der Waals surface area contributed by atoms with Crippen molar-refractivity contribution in [2.75, 3.05) is 5.73 Å². The van der Waals surface area contributed by atoms with E-state index < -0.39 is 0 Å². The van der Waals surface area contributed by atoms with Crippen molar-refractivity contribution < 1.29 is 0 Å². The molecule has 0 aromatic heterocycles. The van der Waals surface area contributed by atoms with Crippen LogP contribution in [0.15, 0.2) is 29.6 Å². The molecule has 1 nitrogen and oxygen atoms in total. The highest BCUT2D eigenvalue weighted by molar-refractivity contribution is 7.13. The van der Waals surface area contributed by atoms with Crippen LogP contribution in [0.1, 0.15) is 0 Å². The van der Waals surface area contributed by atoms with E-state index in [4.69, 9.17) is 5.73 Å². The summed E-state index contributed by atoms with van der Waals surface area (Å²) >= 11 is 1.69. The second-order valence-electron chi connectivity index (χ2n) is 2.19. The molecule has 0 fully saturated rings. The van der Waals surface area contributed by atoms with Crippen molar-refractivity contribution in [1.82, 2.24) is 0 Å². The van der Waals surface area contributed by atoms with Gasteiger partial charge in [0.1, 0.15) is 0 Å². The van der Waals surface area contributed by atoms with Gasteiger partial charge in [-0.2, -0.15) is 0 Å². The van der Waals surface area contributed by atoms with Crippen molar-refractivity contribution in [3.63, 3.8) is 0 Å². The fourth-order valence-electron chi connectivity index (χ4n) is 1.02. The van der Waals surface area contributed by atoms with Crippen molar-refractivity contribution in [3.05, 3.63) is 29.6 Å². The normalized spacial score (nSPS) is 10.4. The van der Waals surface area contributed by atoms with Gasteiger partial charge in [0.2, 0.25) is 0 Å². The van der Waals surface area contributed by atoms with Crippen LogP contribution in [0.5, 0.6) is 0 Å². The Morgan fingerprint density at radius 3 is 2.90 bits per heavy atom. The number of fused-ring (bicyclic) bond motifs is 1. The van der Waals surface area contributed by atoms with Gasteiger partial charge in [0, 0.05) is 5.69 Å². The van der Waals surface area contributed by atoms with E-state index in [1.54, 1.807) is 11.3 Å². The Morgan fingerprint density at radius 1 is 1.20 bits per heavy atom. The minimum absolute atomic E-state index is 0.889. The Bertz CT molecular complexity index is 313. The Labute approximate surface area is 63.4 Å². The smallest absolute Gasteiger partial charge is 0.0571 e. The molecule has 0 amide bonds. The number of rotatable bonds is 0. The molecule has 1 aliphatic heterocycles. The zero-order chi connectivity index (χ0) is 6.97. The van der Waals surface area contributed by atoms with Crippen LogP contribution in [-0.2, 0) is 0 Å². The molecule has 0 aromatic rings. The first-order valence-electron chi connectivity index (χ1n) is 3.09. The van der Waals surface area contributed by atoms with Gasteiger partial charge < -0.3 is 5.73 Å². The zero-order valence-corrected chi connectivity index (χ0v) is 6.19. The van der Waals surface area contributed by atoms with Gasteiger partial charge in [0.15, 0.2) is 0 Å². The van der Waals surface area contributed by atoms with Crippen LogP contribution >= 0.6 is 11.3 Å². The molecule has 1 aliphatic carbocycles. The second kappa shape index (κ2) is 1.99. The van der Waals surface area contributed by atoms with Crippen molar-refractivity contribution in [2.24, 2.45) is 0 Å². The van der Waals surface area contributed by atoms with E-state index in [9.17, 15) is 0 Å². The minimum atomic E-state index is 0.889. The molecule has 0 radical (unpaired) electrons. The van der Waals surface area contributed by atoms with Crippen LogP contribution in [0.3, 0.4) is 0 Å². The molecule has 0 unspecified atom stereocenters. The molecule has 0 bridgehead atoms. The summed E-state index contributed by atoms with van der Waals surface area (Å²) in [6.07, 6.45) is 0. The molecule has 50 valence electrons. The molecule has 2 N–H and O–H groups in total. The summed E-state index contributed by atoms with van der Waals surface area (Å²) in [7, 11) is 0. The monoisotopic (exact) mass is 149 g/mol. The molecular formula is C8H7NS. The Hall–Kier alpha value is -1.02. The molecule has 2 rings (SSSR count). The Kier molecular flexibility index (Phi) is 1.14. The second-order valence-corrected chi connectivity index (χ2v) is 3.10. The number of hydrogen-bond donors (Lipinski definition) is 1. The average molecular weight is 149 g/mol. The third-order valence-electron chi connectivity index (χ3n) is 1.51. The molecule has 0 saturated heterocycles. The van der Waals surface area contributed by atoms with Gasteiger partial charge in [-0.15, -0.1) is 11.3 Å². The van der Waals surface area contributed by atoms with Crippen LogP contribution < -0.4 is 5.73 Å². The van der Waals surface area contributed by atoms with E-state index in [2.05, 4.69) is 6.07 Å². The maximum Gasteiger partial charge on any atom is 0.0571 e. The summed E-state index contributed by atoms with van der Waals surface area (Å²) in [5.41, 5.74) is 7.82. The standard InChI is InChI=1S/C8H7NS/c9-7-4-3-6-2-1-5-10-8(6)7/h1-5H,9H2. The van der Waals surface area contributed by atoms with E-state index in [1.165, 1.54) is 10.4 Å². The zero-order valence-electron chi connectivity index (χ0n) is 5.37. The maximum atomic E-state index is 5.69. The summed E-state index contributed by atoms with van der Waals surface area (Å²) in [4.78, 5) is 1.20. The number of anilines is 1. The maximum absolute atomic E-state index is 5.69. The molecule has 2 heteroatoms. The predicted octanol–water partition coefficient (Wildman–Crippen LogP) is 2.44. The molecule has 0 saturated carbocycles. The minimum Gasteiger partial charge on any atom is -0.398 e. The highest BCUT2D eigenvalue weighted by Crippen LogP contribution is 2.32. The van der Waals surface area contributed by atoms with Crippen LogP contribution in [-0.4, -0.2) is 0 Å². The van der Waals surface area contributed by atoms with E-state index in [0.29, 0.717) is 0 Å². The van der Waals surface area contributed by atoms with Gasteiger partial charge in [-0.05, 0) is 17.0 Å². The third kappa shape index (κ3) is 0.693. The van der Waals surface area contributed by atoms with E-state index in [-0.39, 0.29) is 0 Å². The Morgan fingerprint density at radius 2 is 2.10 bits per heavy atom. The fraction of sp³-hybridized carbons (Fsp3) is 0. The molecule has 0 atom stereocenters. The summed E-state index contributed by atoms with van der Waals surface area (Å²) in [5, 5.41) is 2.04. The molecular weight excluding hydrogens is 142 g/mol. The van der Waals surface area contributed by atoms with Crippen LogP contribution in [0.25, 0.3) is 10.4 Å². The number of hydrogen-bond acceptors (Lipinski definition) is 2. The van der Waals surface area contributed by atoms with Crippen molar-refractivity contribution in [3.8, 4) is 10.4 Å². The summed E-state index contributed by atoms with van der Waals surface area (Å²) in [6.45, 7) is 0. The summed E-state index contributed by atoms with van der Waals surface area (Å²) in [5.74, 6) is 0. The lowest BCUT2D eigenvalue weighted by atomic mass is 10.3. The highest BCUT2D eigenvalue weighted by Gasteiger charge is 2.04. The van der Waals surface area contributed by atoms with E-state index in [1.807, 2.05) is 23.6 Å². The highest BCUT2D eigenvalue weighted by atomic mass is 32.1. The lowest BCUT2D eigenvalue weighted by Gasteiger charge is -1.95. The van der Waals surface area contributed by atoms with Gasteiger partial charge in [0.25, 0.3) is 0 Å². The lowest BCUT2D eigenvalue weighted by Crippen LogP contribution is -1.80. The first kappa shape index (κ1) is 5.74. The predicted molar refractivity (Wildman–Crippen MR) is 45.4 cm³/mol. The lowest BCUT2D eigenvalue weighted by molar-refractivity contribution is 1.84. The van der Waals surface area contributed by atoms with Crippen LogP contribution in [0.2, 0.25) is 0 Å². The topological polar surface area (TPSA) is 26.0 Å². The quantitative estimate of drug-likeness (QED) is 0.611. The molecule has 2 aliphatic rings. The molecule has 0 aromatic carbocycles. The fourth-order valence-corrected chi connectivity index (χ4v) is 1.78. The van der Waals surface area contributed by atoms with Crippen molar-refractivity contribution in [1.29, 1.82) is 0 Å². The Balaban J connectivity index is 2.78. The van der Waals surface area contributed by atoms with Gasteiger partial charge in [-0.1, -0.05) is 18.2 Å². The van der Waals surface area contributed by atoms with Gasteiger partial charge in [-0.25, -0.2) is 0 Å². The van der Waals surface area contributed by atoms with Crippen LogP contribution in [0, 0.1) is 0 Å². The third-order valence-corrected chi connectivity index (χ3v) is 2.51. The molecule has 10 heavy (non-hydrogen) atoms. The number of nitrogen functional groups attached to an aromatic ring is 1. The summed E-state index contributed by atoms with van der Waals surface area (Å²) in [6, 6.07) is 8.09. The van der Waals surface area contributed by atoms with E-state index >= 15 is 0 Å². The van der Waals surface area contributed by atoms with Gasteiger partial charge in [-0.3, -0.25) is 0 Å². The largest absolute Gasteiger partial charge is 0.398 e. The molecule has 1 heterocycles. The van der Waals surface area contributed by atoms with Gasteiger partial charge in [0.05, 0.1) is 4.88 Å². The number of nitrogens with two attached hydrogens (primary N) is 1. The average Bonchev–Trinajstić information content (AvgIpc) is 2.34. The first-order valence-corrected chi connectivity index (χ1v) is 3.97. The molecule has 0 spiro atoms. The van der Waals surface area contributed by atoms with Crippen molar-refractivity contribution in [2.45, 2.75) is 0 Å². The SMILES string of the molecule is Nc1ccc2cccsc1-2. The first-order chi connectivity index (χ1) is 4.88. The van der Waals surface area contributed by atoms with Crippen molar-refractivity contribution >= 4 is 17.0 Å².